The van der Waals surface area contributed by atoms with Crippen LogP contribution in [0.1, 0.15) is 35.3 Å². The first-order chi connectivity index (χ1) is 17.0. The molecule has 1 saturated heterocycles. The fraction of sp³-hybridized carbons (Fsp3) is 0.179. The summed E-state index contributed by atoms with van der Waals surface area (Å²) in [5.41, 5.74) is 7.51. The zero-order chi connectivity index (χ0) is 24.4. The minimum atomic E-state index is -0.622. The Kier molecular flexibility index (Phi) is 6.06. The lowest BCUT2D eigenvalue weighted by Gasteiger charge is -2.33. The topological polar surface area (TPSA) is 94.8 Å². The Morgan fingerprint density at radius 2 is 1.63 bits per heavy atom. The maximum Gasteiger partial charge on any atom is 0.254 e. The van der Waals surface area contributed by atoms with Gasteiger partial charge in [-0.25, -0.2) is 4.98 Å². The number of nitrogens with zero attached hydrogens (tertiary/aromatic N) is 2. The number of nitrogens with two attached hydrogens (primary N) is 1. The van der Waals surface area contributed by atoms with Crippen molar-refractivity contribution in [3.63, 3.8) is 0 Å². The Hall–Kier alpha value is -4.39. The van der Waals surface area contributed by atoms with Crippen molar-refractivity contribution in [2.45, 2.75) is 31.3 Å². The number of carbonyl (C=O) groups is 2. The molecular formula is C28H25N3O4. The molecule has 1 aromatic heterocycles. The number of amides is 2. The van der Waals surface area contributed by atoms with E-state index in [4.69, 9.17) is 15.2 Å². The highest BCUT2D eigenvalue weighted by Gasteiger charge is 2.39. The van der Waals surface area contributed by atoms with Crippen molar-refractivity contribution in [1.82, 2.24) is 9.88 Å². The van der Waals surface area contributed by atoms with Crippen LogP contribution in [-0.2, 0) is 4.79 Å². The van der Waals surface area contributed by atoms with E-state index >= 15 is 0 Å². The number of primary amides is 1. The SMILES string of the molecule is C=CC(=O)N1C2C=C(c3ccc(C(N)=O)c(Oc4ccc(Oc5ccccc5)cc4)n3)CC1CC2. The molecule has 7 heteroatoms. The van der Waals surface area contributed by atoms with E-state index in [0.29, 0.717) is 23.6 Å². The Morgan fingerprint density at radius 3 is 2.29 bits per heavy atom. The summed E-state index contributed by atoms with van der Waals surface area (Å²) >= 11 is 0. The van der Waals surface area contributed by atoms with Crippen LogP contribution in [0.3, 0.4) is 0 Å². The number of rotatable bonds is 7. The van der Waals surface area contributed by atoms with Gasteiger partial charge < -0.3 is 20.1 Å². The number of para-hydroxylation sites is 1. The number of ether oxygens (including phenoxy) is 2. The van der Waals surface area contributed by atoms with E-state index in [1.807, 2.05) is 35.2 Å². The van der Waals surface area contributed by atoms with Crippen molar-refractivity contribution in [3.8, 4) is 23.1 Å². The molecule has 1 fully saturated rings. The van der Waals surface area contributed by atoms with Gasteiger partial charge in [0.05, 0.1) is 11.7 Å². The molecule has 176 valence electrons. The average Bonchev–Trinajstić information content (AvgIpc) is 3.14. The average molecular weight is 468 g/mol. The van der Waals surface area contributed by atoms with Gasteiger partial charge in [-0.3, -0.25) is 9.59 Å². The zero-order valence-electron chi connectivity index (χ0n) is 19.1. The molecule has 3 aromatic rings. The second-order valence-electron chi connectivity index (χ2n) is 8.55. The van der Waals surface area contributed by atoms with Crippen molar-refractivity contribution in [2.75, 3.05) is 0 Å². The molecule has 2 N–H and O–H groups in total. The van der Waals surface area contributed by atoms with Gasteiger partial charge in [-0.15, -0.1) is 0 Å². The number of hydrogen-bond acceptors (Lipinski definition) is 5. The van der Waals surface area contributed by atoms with Crippen LogP contribution >= 0.6 is 0 Å². The lowest BCUT2D eigenvalue weighted by molar-refractivity contribution is -0.128. The highest BCUT2D eigenvalue weighted by molar-refractivity contribution is 5.95. The van der Waals surface area contributed by atoms with Crippen LogP contribution in [0.2, 0.25) is 0 Å². The van der Waals surface area contributed by atoms with Crippen LogP contribution in [0.5, 0.6) is 23.1 Å². The Morgan fingerprint density at radius 1 is 0.943 bits per heavy atom. The minimum absolute atomic E-state index is 0.0217. The van der Waals surface area contributed by atoms with E-state index in [9.17, 15) is 9.59 Å². The highest BCUT2D eigenvalue weighted by Crippen LogP contribution is 2.39. The molecule has 3 heterocycles. The number of aromatic nitrogens is 1. The van der Waals surface area contributed by atoms with Crippen LogP contribution < -0.4 is 15.2 Å². The summed E-state index contributed by atoms with van der Waals surface area (Å²) in [5, 5.41) is 0. The fourth-order valence-corrected chi connectivity index (χ4v) is 4.67. The van der Waals surface area contributed by atoms with Gasteiger partial charge in [-0.1, -0.05) is 30.9 Å². The second kappa shape index (κ2) is 9.46. The van der Waals surface area contributed by atoms with Crippen molar-refractivity contribution in [1.29, 1.82) is 0 Å². The van der Waals surface area contributed by atoms with E-state index in [1.54, 1.807) is 36.4 Å². The van der Waals surface area contributed by atoms with E-state index in [-0.39, 0.29) is 29.4 Å². The minimum Gasteiger partial charge on any atom is -0.457 e. The standard InChI is InChI=1S/C28H25N3O4/c1-2-26(32)31-19-8-9-20(31)17-18(16-19)25-15-14-24(27(29)33)28(30-25)35-23-12-10-22(11-13-23)34-21-6-4-3-5-7-21/h2-7,10-16,19-20H,1,8-9,17H2,(H2,29,33). The molecule has 2 aromatic carbocycles. The molecule has 0 saturated carbocycles. The van der Waals surface area contributed by atoms with Crippen LogP contribution in [0.15, 0.2) is 85.5 Å². The van der Waals surface area contributed by atoms with E-state index in [2.05, 4.69) is 17.6 Å². The summed E-state index contributed by atoms with van der Waals surface area (Å²) in [7, 11) is 0. The lowest BCUT2D eigenvalue weighted by Crippen LogP contribution is -2.42. The van der Waals surface area contributed by atoms with Crippen LogP contribution in [0.25, 0.3) is 5.57 Å². The van der Waals surface area contributed by atoms with Crippen molar-refractivity contribution >= 4 is 17.4 Å². The van der Waals surface area contributed by atoms with Gasteiger partial charge in [0.25, 0.3) is 5.91 Å². The summed E-state index contributed by atoms with van der Waals surface area (Å²) in [6.45, 7) is 3.62. The smallest absolute Gasteiger partial charge is 0.254 e. The van der Waals surface area contributed by atoms with Gasteiger partial charge in [0.1, 0.15) is 22.8 Å². The molecule has 5 rings (SSSR count). The van der Waals surface area contributed by atoms with Gasteiger partial charge in [0.15, 0.2) is 0 Å². The molecule has 2 aliphatic heterocycles. The van der Waals surface area contributed by atoms with Crippen LogP contribution in [0, 0.1) is 0 Å². The number of benzene rings is 2. The predicted octanol–water partition coefficient (Wildman–Crippen LogP) is 5.10. The van der Waals surface area contributed by atoms with Gasteiger partial charge in [0, 0.05) is 6.04 Å². The zero-order valence-corrected chi connectivity index (χ0v) is 19.1. The van der Waals surface area contributed by atoms with E-state index < -0.39 is 5.91 Å². The number of pyridine rings is 1. The fourth-order valence-electron chi connectivity index (χ4n) is 4.67. The van der Waals surface area contributed by atoms with Gasteiger partial charge >= 0.3 is 0 Å². The quantitative estimate of drug-likeness (QED) is 0.488. The van der Waals surface area contributed by atoms with Gasteiger partial charge in [-0.05, 0) is 79.4 Å². The first-order valence-electron chi connectivity index (χ1n) is 11.5. The lowest BCUT2D eigenvalue weighted by atomic mass is 9.97. The summed E-state index contributed by atoms with van der Waals surface area (Å²) in [6, 6.07) is 20.1. The van der Waals surface area contributed by atoms with Crippen LogP contribution in [-0.4, -0.2) is 33.8 Å². The summed E-state index contributed by atoms with van der Waals surface area (Å²) < 4.78 is 11.8. The third-order valence-electron chi connectivity index (χ3n) is 6.30. The molecular weight excluding hydrogens is 442 g/mol. The number of hydrogen-bond donors (Lipinski definition) is 1. The normalized spacial score (nSPS) is 18.5. The number of fused-ring (bicyclic) bond motifs is 2. The predicted molar refractivity (Wildman–Crippen MR) is 132 cm³/mol. The Balaban J connectivity index is 1.38. The third kappa shape index (κ3) is 4.66. The van der Waals surface area contributed by atoms with E-state index in [1.165, 1.54) is 6.08 Å². The van der Waals surface area contributed by atoms with Gasteiger partial charge in [0.2, 0.25) is 11.8 Å². The molecule has 0 aliphatic carbocycles. The third-order valence-corrected chi connectivity index (χ3v) is 6.30. The van der Waals surface area contributed by atoms with Gasteiger partial charge in [-0.2, -0.15) is 0 Å². The maximum absolute atomic E-state index is 12.3. The molecule has 2 unspecified atom stereocenters. The van der Waals surface area contributed by atoms with Crippen molar-refractivity contribution in [2.24, 2.45) is 5.73 Å². The first kappa shape index (κ1) is 22.4. The molecule has 2 amide bonds. The number of carbonyl (C=O) groups excluding carboxylic acids is 2. The largest absolute Gasteiger partial charge is 0.457 e. The van der Waals surface area contributed by atoms with Crippen molar-refractivity contribution < 1.29 is 19.1 Å². The Labute approximate surface area is 203 Å². The van der Waals surface area contributed by atoms with E-state index in [0.717, 1.165) is 24.2 Å². The maximum atomic E-state index is 12.3. The van der Waals surface area contributed by atoms with Crippen LogP contribution in [0.4, 0.5) is 0 Å². The summed E-state index contributed by atoms with van der Waals surface area (Å²) in [6.07, 6.45) is 5.98. The summed E-state index contributed by atoms with van der Waals surface area (Å²) in [4.78, 5) is 30.8. The molecule has 0 spiro atoms. The highest BCUT2D eigenvalue weighted by atomic mass is 16.5. The first-order valence-corrected chi connectivity index (χ1v) is 11.5. The Bertz CT molecular complexity index is 1300. The molecule has 2 atom stereocenters. The molecule has 7 nitrogen and oxygen atoms in total. The molecule has 2 bridgehead atoms. The molecule has 2 aliphatic rings. The molecule has 35 heavy (non-hydrogen) atoms. The molecule has 0 radical (unpaired) electrons. The van der Waals surface area contributed by atoms with Crippen molar-refractivity contribution in [3.05, 3.63) is 96.7 Å². The second-order valence-corrected chi connectivity index (χ2v) is 8.55. The monoisotopic (exact) mass is 467 g/mol. The summed E-state index contributed by atoms with van der Waals surface area (Å²) in [5.74, 6) is 1.36.